The van der Waals surface area contributed by atoms with Crippen molar-refractivity contribution in [1.82, 2.24) is 34.8 Å². The maximum atomic E-state index is 13.0. The van der Waals surface area contributed by atoms with Crippen LogP contribution in [-0.4, -0.2) is 66.0 Å². The van der Waals surface area contributed by atoms with Crippen LogP contribution in [0.25, 0.3) is 22.2 Å². The lowest BCUT2D eigenvalue weighted by molar-refractivity contribution is 0.0991. The number of aryl methyl sites for hydroxylation is 1. The number of Topliss-reactive ketones (excluding diaryl/α,β-unsaturated/α-hetero) is 1. The van der Waals surface area contributed by atoms with E-state index in [0.29, 0.717) is 16.5 Å². The summed E-state index contributed by atoms with van der Waals surface area (Å²) in [5, 5.41) is 11.5. The third-order valence-corrected chi connectivity index (χ3v) is 7.15. The van der Waals surface area contributed by atoms with Crippen LogP contribution in [0, 0.1) is 0 Å². The number of rotatable bonds is 6. The van der Waals surface area contributed by atoms with Gasteiger partial charge in [-0.2, -0.15) is 0 Å². The Labute approximate surface area is 196 Å². The first kappa shape index (κ1) is 21.7. The van der Waals surface area contributed by atoms with Crippen LogP contribution in [0.4, 0.5) is 0 Å². The molecule has 0 saturated carbocycles. The molecule has 0 unspecified atom stereocenters. The largest absolute Gasteiger partial charge is 0.306 e. The van der Waals surface area contributed by atoms with E-state index in [0.717, 1.165) is 53.1 Å². The summed E-state index contributed by atoms with van der Waals surface area (Å²) < 4.78 is 1.64. The number of carbonyl (C=O) groups is 1. The highest BCUT2D eigenvalue weighted by Crippen LogP contribution is 2.29. The van der Waals surface area contributed by atoms with Crippen molar-refractivity contribution < 1.29 is 4.79 Å². The SMILES string of the molecule is CN1CCC(Sc2cc(C(=O)Cc3cc4cc(-c5cn(C)nn5)ncc4cn3)ccn2)CC1. The number of piperidine rings is 1. The van der Waals surface area contributed by atoms with E-state index < -0.39 is 0 Å². The van der Waals surface area contributed by atoms with Gasteiger partial charge in [-0.1, -0.05) is 5.21 Å². The van der Waals surface area contributed by atoms with Crippen LogP contribution in [-0.2, 0) is 13.5 Å². The summed E-state index contributed by atoms with van der Waals surface area (Å²) in [6.45, 7) is 2.22. The predicted octanol–water partition coefficient (Wildman–Crippen LogP) is 3.43. The summed E-state index contributed by atoms with van der Waals surface area (Å²) in [5.41, 5.74) is 2.85. The van der Waals surface area contributed by atoms with Crippen molar-refractivity contribution >= 4 is 28.3 Å². The van der Waals surface area contributed by atoms with E-state index in [-0.39, 0.29) is 12.2 Å². The lowest BCUT2D eigenvalue weighted by Gasteiger charge is -2.28. The fourth-order valence-electron chi connectivity index (χ4n) is 3.97. The number of pyridine rings is 3. The first-order chi connectivity index (χ1) is 16.0. The molecular weight excluding hydrogens is 434 g/mol. The molecule has 0 N–H and O–H groups in total. The minimum absolute atomic E-state index is 0.0395. The fraction of sp³-hybridized carbons (Fsp3) is 0.333. The van der Waals surface area contributed by atoms with Gasteiger partial charge >= 0.3 is 0 Å². The van der Waals surface area contributed by atoms with Crippen LogP contribution in [0.1, 0.15) is 28.9 Å². The molecule has 168 valence electrons. The third kappa shape index (κ3) is 5.09. The summed E-state index contributed by atoms with van der Waals surface area (Å²) in [5.74, 6) is 0.0395. The molecule has 4 aromatic heterocycles. The number of likely N-dealkylation sites (tertiary alicyclic amines) is 1. The first-order valence-electron chi connectivity index (χ1n) is 11.0. The zero-order valence-electron chi connectivity index (χ0n) is 18.7. The van der Waals surface area contributed by atoms with Crippen LogP contribution in [0.15, 0.2) is 54.1 Å². The van der Waals surface area contributed by atoms with Crippen molar-refractivity contribution in [3.05, 3.63) is 60.3 Å². The summed E-state index contributed by atoms with van der Waals surface area (Å²) in [4.78, 5) is 28.8. The number of nitrogens with zero attached hydrogens (tertiary/aromatic N) is 7. The van der Waals surface area contributed by atoms with Gasteiger partial charge < -0.3 is 4.90 Å². The number of hydrogen-bond acceptors (Lipinski definition) is 8. The van der Waals surface area contributed by atoms with E-state index >= 15 is 0 Å². The van der Waals surface area contributed by atoms with Gasteiger partial charge in [0, 0.05) is 47.5 Å². The molecule has 0 spiro atoms. The Kier molecular flexibility index (Phi) is 6.15. The van der Waals surface area contributed by atoms with Gasteiger partial charge in [0.2, 0.25) is 0 Å². The smallest absolute Gasteiger partial charge is 0.168 e. The van der Waals surface area contributed by atoms with E-state index in [1.54, 1.807) is 41.1 Å². The van der Waals surface area contributed by atoms with Crippen LogP contribution >= 0.6 is 11.8 Å². The maximum absolute atomic E-state index is 13.0. The quantitative estimate of drug-likeness (QED) is 0.405. The molecule has 1 aliphatic heterocycles. The summed E-state index contributed by atoms with van der Waals surface area (Å²) in [6, 6.07) is 7.61. The lowest BCUT2D eigenvalue weighted by atomic mass is 10.1. The molecular formula is C24H25N7OS. The molecule has 9 heteroatoms. The highest BCUT2D eigenvalue weighted by Gasteiger charge is 2.19. The van der Waals surface area contributed by atoms with Gasteiger partial charge in [0.15, 0.2) is 5.78 Å². The van der Waals surface area contributed by atoms with Gasteiger partial charge in [-0.25, -0.2) is 4.98 Å². The number of ketones is 1. The maximum Gasteiger partial charge on any atom is 0.168 e. The molecule has 5 rings (SSSR count). The highest BCUT2D eigenvalue weighted by molar-refractivity contribution is 7.99. The van der Waals surface area contributed by atoms with Crippen LogP contribution in [0.3, 0.4) is 0 Å². The van der Waals surface area contributed by atoms with Crippen LogP contribution in [0.2, 0.25) is 0 Å². The fourth-order valence-corrected chi connectivity index (χ4v) is 5.08. The first-order valence-corrected chi connectivity index (χ1v) is 11.9. The number of carbonyl (C=O) groups excluding carboxylic acids is 1. The van der Waals surface area contributed by atoms with Crippen LogP contribution < -0.4 is 0 Å². The van der Waals surface area contributed by atoms with Crippen molar-refractivity contribution in [2.24, 2.45) is 7.05 Å². The van der Waals surface area contributed by atoms with Gasteiger partial charge in [0.1, 0.15) is 5.69 Å². The van der Waals surface area contributed by atoms with E-state index in [1.165, 1.54) is 0 Å². The standard InChI is InChI=1S/C24H25N7OS/c1-30-7-4-20(5-8-30)33-24-11-16(3-6-25-24)23(32)12-19-9-17-10-21(22-15-31(2)29-28-22)27-14-18(17)13-26-19/h3,6,9-11,13-15,20H,4-5,7-8,12H2,1-2H3. The van der Waals surface area contributed by atoms with Crippen molar-refractivity contribution in [1.29, 1.82) is 0 Å². The minimum Gasteiger partial charge on any atom is -0.306 e. The van der Waals surface area contributed by atoms with E-state index in [4.69, 9.17) is 0 Å². The topological polar surface area (TPSA) is 89.7 Å². The molecule has 0 atom stereocenters. The second kappa shape index (κ2) is 9.36. The average molecular weight is 460 g/mol. The number of hydrogen-bond donors (Lipinski definition) is 0. The zero-order chi connectivity index (χ0) is 22.8. The Morgan fingerprint density at radius 3 is 2.64 bits per heavy atom. The molecule has 0 aromatic carbocycles. The number of aromatic nitrogens is 6. The zero-order valence-corrected chi connectivity index (χ0v) is 19.5. The van der Waals surface area contributed by atoms with Gasteiger partial charge in [0.05, 0.1) is 23.3 Å². The molecule has 0 radical (unpaired) electrons. The Bertz CT molecular complexity index is 1300. The monoisotopic (exact) mass is 459 g/mol. The predicted molar refractivity (Wildman–Crippen MR) is 128 cm³/mol. The molecule has 1 fully saturated rings. The summed E-state index contributed by atoms with van der Waals surface area (Å²) >= 11 is 1.78. The Hall–Kier alpha value is -3.17. The third-order valence-electron chi connectivity index (χ3n) is 5.88. The van der Waals surface area contributed by atoms with Gasteiger partial charge in [0.25, 0.3) is 0 Å². The molecule has 1 saturated heterocycles. The average Bonchev–Trinajstić information content (AvgIpc) is 3.26. The van der Waals surface area contributed by atoms with Crippen molar-refractivity contribution in [3.8, 4) is 11.4 Å². The van der Waals surface area contributed by atoms with Gasteiger partial charge in [-0.05, 0) is 62.6 Å². The molecule has 0 aliphatic carbocycles. The molecule has 4 aromatic rings. The molecule has 0 bridgehead atoms. The lowest BCUT2D eigenvalue weighted by Crippen LogP contribution is -2.31. The Balaban J connectivity index is 1.31. The van der Waals surface area contributed by atoms with Gasteiger partial charge in [-0.3, -0.25) is 19.4 Å². The van der Waals surface area contributed by atoms with Crippen molar-refractivity contribution in [2.45, 2.75) is 29.5 Å². The Morgan fingerprint density at radius 2 is 1.85 bits per heavy atom. The normalized spacial score (nSPS) is 15.2. The molecule has 5 heterocycles. The highest BCUT2D eigenvalue weighted by atomic mass is 32.2. The van der Waals surface area contributed by atoms with Gasteiger partial charge in [-0.15, -0.1) is 16.9 Å². The van der Waals surface area contributed by atoms with Crippen molar-refractivity contribution in [2.75, 3.05) is 20.1 Å². The minimum atomic E-state index is 0.0395. The molecule has 33 heavy (non-hydrogen) atoms. The summed E-state index contributed by atoms with van der Waals surface area (Å²) in [6.07, 6.45) is 9.62. The second-order valence-electron chi connectivity index (χ2n) is 8.47. The van der Waals surface area contributed by atoms with E-state index in [1.807, 2.05) is 31.4 Å². The number of thioether (sulfide) groups is 1. The Morgan fingerprint density at radius 1 is 1.03 bits per heavy atom. The summed E-state index contributed by atoms with van der Waals surface area (Å²) in [7, 11) is 3.98. The molecule has 1 aliphatic rings. The molecule has 0 amide bonds. The number of fused-ring (bicyclic) bond motifs is 1. The van der Waals surface area contributed by atoms with E-state index in [2.05, 4.69) is 37.2 Å². The van der Waals surface area contributed by atoms with Crippen LogP contribution in [0.5, 0.6) is 0 Å². The second-order valence-corrected chi connectivity index (χ2v) is 9.79. The van der Waals surface area contributed by atoms with Crippen molar-refractivity contribution in [3.63, 3.8) is 0 Å². The molecule has 8 nitrogen and oxygen atoms in total. The van der Waals surface area contributed by atoms with E-state index in [9.17, 15) is 4.79 Å².